The van der Waals surface area contributed by atoms with Crippen LogP contribution in [0.5, 0.6) is 0 Å². The number of alkyl halides is 3. The van der Waals surface area contributed by atoms with Crippen molar-refractivity contribution in [1.82, 2.24) is 0 Å². The quantitative estimate of drug-likeness (QED) is 0.558. The van der Waals surface area contributed by atoms with Gasteiger partial charge in [-0.25, -0.2) is 0 Å². The smallest absolute Gasteiger partial charge is 0.198 e. The van der Waals surface area contributed by atoms with Crippen LogP contribution in [0.2, 0.25) is 0 Å². The van der Waals surface area contributed by atoms with Crippen LogP contribution in [0.15, 0.2) is 0 Å². The van der Waals surface area contributed by atoms with Crippen LogP contribution in [0.3, 0.4) is 0 Å². The summed E-state index contributed by atoms with van der Waals surface area (Å²) in [7, 11) is 0. The van der Waals surface area contributed by atoms with Gasteiger partial charge in [-0.2, -0.15) is 18.4 Å². The van der Waals surface area contributed by atoms with Gasteiger partial charge in [0.15, 0.2) is 0 Å². The first-order valence-electron chi connectivity index (χ1n) is 4.00. The molecular weight excluding hydrogens is 167 g/mol. The van der Waals surface area contributed by atoms with Gasteiger partial charge in [0.25, 0.3) is 0 Å². The van der Waals surface area contributed by atoms with E-state index >= 15 is 0 Å². The minimum atomic E-state index is -4.06. The Morgan fingerprint density at radius 1 is 1.08 bits per heavy atom. The monoisotopic (exact) mass is 177 g/mol. The molecule has 4 heteroatoms. The van der Waals surface area contributed by atoms with Gasteiger partial charge in [-0.3, -0.25) is 0 Å². The first kappa shape index (κ1) is 9.37. The van der Waals surface area contributed by atoms with Crippen molar-refractivity contribution in [1.29, 1.82) is 5.26 Å². The van der Waals surface area contributed by atoms with Crippen LogP contribution in [0, 0.1) is 23.2 Å². The molecule has 0 aromatic heterocycles. The molecule has 1 aliphatic rings. The summed E-state index contributed by atoms with van der Waals surface area (Å²) in [6.45, 7) is 0. The van der Waals surface area contributed by atoms with E-state index < -0.39 is 12.1 Å². The molecule has 12 heavy (non-hydrogen) atoms. The van der Waals surface area contributed by atoms with Crippen molar-refractivity contribution < 1.29 is 13.2 Å². The molecule has 0 bridgehead atoms. The van der Waals surface area contributed by atoms with E-state index in [-0.39, 0.29) is 18.8 Å². The normalized spacial score (nSPS) is 31.2. The molecule has 1 saturated carbocycles. The standard InChI is InChI=1S/C8H10F3N/c9-8(10,11)7-3-1-6(5-12)2-4-7/h6-7H,1-4H2/t6-,7+. The van der Waals surface area contributed by atoms with E-state index in [9.17, 15) is 13.2 Å². The average Bonchev–Trinajstić information content (AvgIpc) is 2.03. The second-order valence-electron chi connectivity index (χ2n) is 3.22. The average molecular weight is 177 g/mol. The highest BCUT2D eigenvalue weighted by Crippen LogP contribution is 2.39. The first-order valence-corrected chi connectivity index (χ1v) is 4.00. The molecule has 0 saturated heterocycles. The Morgan fingerprint density at radius 2 is 1.58 bits per heavy atom. The topological polar surface area (TPSA) is 23.8 Å². The summed E-state index contributed by atoms with van der Waals surface area (Å²) in [5.74, 6) is -1.31. The van der Waals surface area contributed by atoms with Crippen molar-refractivity contribution in [3.8, 4) is 6.07 Å². The Balaban J connectivity index is 2.42. The molecule has 0 heterocycles. The van der Waals surface area contributed by atoms with Gasteiger partial charge >= 0.3 is 6.18 Å². The summed E-state index contributed by atoms with van der Waals surface area (Å²) in [5.41, 5.74) is 0. The van der Waals surface area contributed by atoms with Gasteiger partial charge in [0.1, 0.15) is 0 Å². The van der Waals surface area contributed by atoms with E-state index in [0.29, 0.717) is 12.8 Å². The molecule has 1 rings (SSSR count). The van der Waals surface area contributed by atoms with Crippen LogP contribution >= 0.6 is 0 Å². The third-order valence-corrected chi connectivity index (χ3v) is 2.37. The Labute approximate surface area is 69.2 Å². The Bertz CT molecular complexity index is 183. The SMILES string of the molecule is N#C[C@H]1CC[C@@H](C(F)(F)F)CC1. The van der Waals surface area contributed by atoms with E-state index in [2.05, 4.69) is 0 Å². The summed E-state index contributed by atoms with van der Waals surface area (Å²) in [5, 5.41) is 8.45. The number of hydrogen-bond acceptors (Lipinski definition) is 1. The van der Waals surface area contributed by atoms with Gasteiger partial charge in [-0.1, -0.05) is 0 Å². The molecule has 0 aliphatic heterocycles. The van der Waals surface area contributed by atoms with Crippen molar-refractivity contribution in [3.05, 3.63) is 0 Å². The van der Waals surface area contributed by atoms with Crippen LogP contribution < -0.4 is 0 Å². The molecular formula is C8H10F3N. The predicted molar refractivity (Wildman–Crippen MR) is 37.1 cm³/mol. The Kier molecular flexibility index (Phi) is 2.61. The zero-order valence-electron chi connectivity index (χ0n) is 6.56. The Morgan fingerprint density at radius 3 is 1.92 bits per heavy atom. The van der Waals surface area contributed by atoms with E-state index in [1.165, 1.54) is 0 Å². The maximum atomic E-state index is 12.1. The van der Waals surface area contributed by atoms with Crippen molar-refractivity contribution in [2.75, 3.05) is 0 Å². The van der Waals surface area contributed by atoms with E-state index in [1.54, 1.807) is 0 Å². The molecule has 0 N–H and O–H groups in total. The van der Waals surface area contributed by atoms with Crippen molar-refractivity contribution in [2.45, 2.75) is 31.9 Å². The van der Waals surface area contributed by atoms with Crippen LogP contribution in [0.25, 0.3) is 0 Å². The van der Waals surface area contributed by atoms with Gasteiger partial charge in [0.2, 0.25) is 0 Å². The molecule has 0 amide bonds. The molecule has 0 spiro atoms. The first-order chi connectivity index (χ1) is 5.54. The summed E-state index contributed by atoms with van der Waals surface area (Å²) in [6.07, 6.45) is -2.99. The molecule has 0 radical (unpaired) electrons. The van der Waals surface area contributed by atoms with Crippen LogP contribution in [0.1, 0.15) is 25.7 Å². The van der Waals surface area contributed by atoms with E-state index in [4.69, 9.17) is 5.26 Å². The molecule has 1 nitrogen and oxygen atoms in total. The summed E-state index contributed by atoms with van der Waals surface area (Å²) in [4.78, 5) is 0. The number of hydrogen-bond donors (Lipinski definition) is 0. The van der Waals surface area contributed by atoms with Gasteiger partial charge in [-0.05, 0) is 25.7 Å². The van der Waals surface area contributed by atoms with Crippen LogP contribution in [-0.4, -0.2) is 6.18 Å². The predicted octanol–water partition coefficient (Wildman–Crippen LogP) is 2.88. The fourth-order valence-electron chi connectivity index (χ4n) is 1.55. The molecule has 1 fully saturated rings. The highest BCUT2D eigenvalue weighted by Gasteiger charge is 2.41. The molecule has 1 aliphatic carbocycles. The van der Waals surface area contributed by atoms with Crippen LogP contribution in [0.4, 0.5) is 13.2 Å². The summed E-state index contributed by atoms with van der Waals surface area (Å²) < 4.78 is 36.3. The lowest BCUT2D eigenvalue weighted by Gasteiger charge is -2.26. The van der Waals surface area contributed by atoms with Gasteiger partial charge in [0.05, 0.1) is 12.0 Å². The molecule has 0 aromatic rings. The van der Waals surface area contributed by atoms with Crippen molar-refractivity contribution >= 4 is 0 Å². The highest BCUT2D eigenvalue weighted by atomic mass is 19.4. The minimum Gasteiger partial charge on any atom is -0.198 e. The fraction of sp³-hybridized carbons (Fsp3) is 0.875. The molecule has 0 aromatic carbocycles. The highest BCUT2D eigenvalue weighted by molar-refractivity contribution is 4.88. The molecule has 68 valence electrons. The third kappa shape index (κ3) is 2.13. The third-order valence-electron chi connectivity index (χ3n) is 2.37. The molecule has 0 atom stereocenters. The lowest BCUT2D eigenvalue weighted by Crippen LogP contribution is -2.27. The van der Waals surface area contributed by atoms with Crippen LogP contribution in [-0.2, 0) is 0 Å². The van der Waals surface area contributed by atoms with Crippen molar-refractivity contribution in [3.63, 3.8) is 0 Å². The lowest BCUT2D eigenvalue weighted by atomic mass is 9.82. The molecule has 0 unspecified atom stereocenters. The summed E-state index contributed by atoms with van der Waals surface area (Å²) in [6, 6.07) is 2.01. The maximum Gasteiger partial charge on any atom is 0.391 e. The zero-order valence-corrected chi connectivity index (χ0v) is 6.56. The number of nitriles is 1. The van der Waals surface area contributed by atoms with Gasteiger partial charge in [-0.15, -0.1) is 0 Å². The number of rotatable bonds is 0. The lowest BCUT2D eigenvalue weighted by molar-refractivity contribution is -0.183. The fourth-order valence-corrected chi connectivity index (χ4v) is 1.55. The van der Waals surface area contributed by atoms with Crippen molar-refractivity contribution in [2.24, 2.45) is 11.8 Å². The summed E-state index contributed by atoms with van der Waals surface area (Å²) >= 11 is 0. The number of nitrogens with zero attached hydrogens (tertiary/aromatic N) is 1. The largest absolute Gasteiger partial charge is 0.391 e. The Hall–Kier alpha value is -0.720. The second-order valence-corrected chi connectivity index (χ2v) is 3.22. The van der Waals surface area contributed by atoms with Gasteiger partial charge in [0, 0.05) is 5.92 Å². The zero-order chi connectivity index (χ0) is 9.19. The van der Waals surface area contributed by atoms with E-state index in [0.717, 1.165) is 0 Å². The van der Waals surface area contributed by atoms with E-state index in [1.807, 2.05) is 6.07 Å². The second kappa shape index (κ2) is 3.34. The maximum absolute atomic E-state index is 12.1. The minimum absolute atomic E-state index is 0.127. The number of halogens is 3. The van der Waals surface area contributed by atoms with Gasteiger partial charge < -0.3 is 0 Å².